The first kappa shape index (κ1) is 12.5. The maximum Gasteiger partial charge on any atom is 0.229 e. The van der Waals surface area contributed by atoms with E-state index in [9.17, 15) is 4.79 Å². The predicted octanol–water partition coefficient (Wildman–Crippen LogP) is 3.09. The summed E-state index contributed by atoms with van der Waals surface area (Å²) < 4.78 is 0. The van der Waals surface area contributed by atoms with E-state index in [4.69, 9.17) is 0 Å². The summed E-state index contributed by atoms with van der Waals surface area (Å²) in [5.74, 6) is 0.247. The van der Waals surface area contributed by atoms with E-state index in [0.29, 0.717) is 0 Å². The highest BCUT2D eigenvalue weighted by Crippen LogP contribution is 2.33. The quantitative estimate of drug-likeness (QED) is 0.752. The number of rotatable bonds is 0. The van der Waals surface area contributed by atoms with Gasteiger partial charge in [0.25, 0.3) is 0 Å². The average Bonchev–Trinajstić information content (AvgIpc) is 2.46. The smallest absolute Gasteiger partial charge is 0.229 e. The maximum absolute atomic E-state index is 12.4. The van der Waals surface area contributed by atoms with Gasteiger partial charge in [-0.05, 0) is 25.8 Å². The fourth-order valence-corrected chi connectivity index (χ4v) is 3.18. The van der Waals surface area contributed by atoms with Gasteiger partial charge in [-0.25, -0.2) is 0 Å². The largest absolute Gasteiger partial charge is 0.380 e. The fraction of sp³-hybridized carbons (Fsp3) is 0.600. The first-order valence-corrected chi connectivity index (χ1v) is 7.28. The number of carbonyl (C=O) groups is 1. The molecule has 1 aromatic heterocycles. The molecule has 2 heterocycles. The Morgan fingerprint density at radius 1 is 1.16 bits per heavy atom. The van der Waals surface area contributed by atoms with Crippen LogP contribution in [0.2, 0.25) is 0 Å². The summed E-state index contributed by atoms with van der Waals surface area (Å²) in [6, 6.07) is 2.29. The van der Waals surface area contributed by atoms with E-state index in [1.54, 1.807) is 6.20 Å². The number of nitrogens with one attached hydrogen (secondary N) is 2. The molecule has 2 N–H and O–H groups in total. The lowest BCUT2D eigenvalue weighted by atomic mass is 9.86. The van der Waals surface area contributed by atoms with Crippen LogP contribution in [0.5, 0.6) is 0 Å². The summed E-state index contributed by atoms with van der Waals surface area (Å²) in [5, 5.41) is 6.61. The van der Waals surface area contributed by atoms with Gasteiger partial charge in [0.1, 0.15) is 0 Å². The third kappa shape index (κ3) is 2.57. The van der Waals surface area contributed by atoms with Crippen LogP contribution in [0.3, 0.4) is 0 Å². The van der Waals surface area contributed by atoms with E-state index in [1.165, 1.54) is 19.3 Å². The summed E-state index contributed by atoms with van der Waals surface area (Å²) in [4.78, 5) is 16.7. The lowest BCUT2D eigenvalue weighted by Gasteiger charge is -2.27. The van der Waals surface area contributed by atoms with Gasteiger partial charge in [0.2, 0.25) is 5.91 Å². The van der Waals surface area contributed by atoms with Crippen molar-refractivity contribution in [3.8, 4) is 0 Å². The molecule has 1 aliphatic carbocycles. The molecule has 2 unspecified atom stereocenters. The highest BCUT2D eigenvalue weighted by molar-refractivity contribution is 5.97. The van der Waals surface area contributed by atoms with E-state index in [1.807, 2.05) is 13.0 Å². The minimum atomic E-state index is 0.0907. The van der Waals surface area contributed by atoms with E-state index in [2.05, 4.69) is 15.6 Å². The van der Waals surface area contributed by atoms with Crippen molar-refractivity contribution in [1.29, 1.82) is 0 Å². The van der Waals surface area contributed by atoms with E-state index in [-0.39, 0.29) is 17.9 Å². The van der Waals surface area contributed by atoms with E-state index in [0.717, 1.165) is 36.3 Å². The first-order chi connectivity index (χ1) is 9.24. The van der Waals surface area contributed by atoms with E-state index < -0.39 is 0 Å². The van der Waals surface area contributed by atoms with Crippen molar-refractivity contribution in [3.63, 3.8) is 0 Å². The molecule has 0 aromatic carbocycles. The van der Waals surface area contributed by atoms with Crippen LogP contribution >= 0.6 is 0 Å². The Labute approximate surface area is 114 Å². The van der Waals surface area contributed by atoms with Crippen molar-refractivity contribution < 1.29 is 4.79 Å². The van der Waals surface area contributed by atoms with Crippen molar-refractivity contribution in [2.24, 2.45) is 5.92 Å². The molecular weight excluding hydrogens is 238 g/mol. The molecule has 1 aromatic rings. The molecule has 2 aliphatic rings. The van der Waals surface area contributed by atoms with Gasteiger partial charge in [-0.2, -0.15) is 0 Å². The van der Waals surface area contributed by atoms with Crippen LogP contribution in [0.1, 0.15) is 44.2 Å². The Balaban J connectivity index is 1.92. The zero-order valence-electron chi connectivity index (χ0n) is 11.4. The Bertz CT molecular complexity index is 486. The number of amides is 1. The molecule has 4 heteroatoms. The molecule has 19 heavy (non-hydrogen) atoms. The monoisotopic (exact) mass is 259 g/mol. The van der Waals surface area contributed by atoms with Crippen LogP contribution in [-0.4, -0.2) is 16.9 Å². The number of hydrogen-bond donors (Lipinski definition) is 2. The molecule has 0 bridgehead atoms. The van der Waals surface area contributed by atoms with Gasteiger partial charge < -0.3 is 10.6 Å². The second-order valence-electron chi connectivity index (χ2n) is 5.71. The van der Waals surface area contributed by atoms with Crippen molar-refractivity contribution in [3.05, 3.63) is 18.0 Å². The van der Waals surface area contributed by atoms with Crippen molar-refractivity contribution >= 4 is 17.3 Å². The summed E-state index contributed by atoms with van der Waals surface area (Å²) in [6.45, 7) is 1.98. The molecular formula is C15H21N3O. The Kier molecular flexibility index (Phi) is 3.40. The number of carbonyl (C=O) groups excluding carboxylic acids is 1. The zero-order valence-corrected chi connectivity index (χ0v) is 11.4. The van der Waals surface area contributed by atoms with Gasteiger partial charge in [-0.15, -0.1) is 0 Å². The van der Waals surface area contributed by atoms with Gasteiger partial charge in [0, 0.05) is 11.7 Å². The minimum Gasteiger partial charge on any atom is -0.380 e. The van der Waals surface area contributed by atoms with Crippen LogP contribution in [-0.2, 0) is 4.79 Å². The molecule has 1 amide bonds. The molecule has 4 nitrogen and oxygen atoms in total. The maximum atomic E-state index is 12.4. The summed E-state index contributed by atoms with van der Waals surface area (Å²) in [5.41, 5.74) is 2.82. The molecule has 0 radical (unpaired) electrons. The fourth-order valence-electron chi connectivity index (χ4n) is 3.18. The SMILES string of the molecule is Cc1cc2c(cn1)NC(=O)C1CCCCCCC1N2. The topological polar surface area (TPSA) is 54.0 Å². The standard InChI is InChI=1S/C15H21N3O/c1-10-8-13-14(9-16-10)18-15(19)11-6-4-2-3-5-7-12(11)17-13/h8-9,11-12,17H,2-7H2,1H3,(H,18,19). The molecule has 1 fully saturated rings. The average molecular weight is 259 g/mol. The Morgan fingerprint density at radius 2 is 1.95 bits per heavy atom. The molecule has 0 spiro atoms. The summed E-state index contributed by atoms with van der Waals surface area (Å²) in [7, 11) is 0. The van der Waals surface area contributed by atoms with Crippen LogP contribution in [0.15, 0.2) is 12.3 Å². The van der Waals surface area contributed by atoms with Crippen LogP contribution in [0.25, 0.3) is 0 Å². The third-order valence-corrected chi connectivity index (χ3v) is 4.24. The molecule has 102 valence electrons. The molecule has 3 rings (SSSR count). The Hall–Kier alpha value is -1.58. The van der Waals surface area contributed by atoms with Gasteiger partial charge in [0.05, 0.1) is 23.5 Å². The first-order valence-electron chi connectivity index (χ1n) is 7.28. The number of nitrogens with zero attached hydrogens (tertiary/aromatic N) is 1. The number of aromatic nitrogens is 1. The zero-order chi connectivity index (χ0) is 13.2. The summed E-state index contributed by atoms with van der Waals surface area (Å²) >= 11 is 0. The number of anilines is 2. The van der Waals surface area contributed by atoms with Gasteiger partial charge in [0.15, 0.2) is 0 Å². The highest BCUT2D eigenvalue weighted by atomic mass is 16.2. The third-order valence-electron chi connectivity index (χ3n) is 4.24. The van der Waals surface area contributed by atoms with Gasteiger partial charge >= 0.3 is 0 Å². The predicted molar refractivity (Wildman–Crippen MR) is 76.2 cm³/mol. The molecule has 0 saturated heterocycles. The summed E-state index contributed by atoms with van der Waals surface area (Å²) in [6.07, 6.45) is 8.74. The minimum absolute atomic E-state index is 0.0907. The second kappa shape index (κ2) is 5.19. The highest BCUT2D eigenvalue weighted by Gasteiger charge is 2.32. The lowest BCUT2D eigenvalue weighted by molar-refractivity contribution is -0.120. The van der Waals surface area contributed by atoms with Crippen LogP contribution in [0.4, 0.5) is 11.4 Å². The Morgan fingerprint density at radius 3 is 2.79 bits per heavy atom. The van der Waals surface area contributed by atoms with Crippen molar-refractivity contribution in [2.75, 3.05) is 10.6 Å². The second-order valence-corrected chi connectivity index (χ2v) is 5.71. The molecule has 1 saturated carbocycles. The number of fused-ring (bicyclic) bond motifs is 2. The molecule has 1 aliphatic heterocycles. The normalized spacial score (nSPS) is 26.9. The van der Waals surface area contributed by atoms with Crippen molar-refractivity contribution in [1.82, 2.24) is 4.98 Å². The van der Waals surface area contributed by atoms with E-state index >= 15 is 0 Å². The van der Waals surface area contributed by atoms with Gasteiger partial charge in [-0.3, -0.25) is 9.78 Å². The number of pyridine rings is 1. The van der Waals surface area contributed by atoms with Crippen molar-refractivity contribution in [2.45, 2.75) is 51.5 Å². The number of aryl methyl sites for hydroxylation is 1. The number of hydrogen-bond acceptors (Lipinski definition) is 3. The molecule has 2 atom stereocenters. The van der Waals surface area contributed by atoms with Gasteiger partial charge in [-0.1, -0.05) is 25.7 Å². The lowest BCUT2D eigenvalue weighted by Crippen LogP contribution is -2.36. The van der Waals surface area contributed by atoms with Crippen LogP contribution in [0, 0.1) is 12.8 Å². The van der Waals surface area contributed by atoms with Crippen LogP contribution < -0.4 is 10.6 Å².